The maximum Gasteiger partial charge on any atom is 0.199 e. The molecule has 1 aromatic carbocycles. The molecule has 0 unspecified atom stereocenters. The van der Waals surface area contributed by atoms with Gasteiger partial charge in [-0.2, -0.15) is 5.10 Å². The smallest absolute Gasteiger partial charge is 0.199 e. The predicted molar refractivity (Wildman–Crippen MR) is 64.3 cm³/mol. The molecule has 0 aliphatic heterocycles. The van der Waals surface area contributed by atoms with Crippen LogP contribution in [0.5, 0.6) is 0 Å². The Morgan fingerprint density at radius 3 is 2.59 bits per heavy atom. The van der Waals surface area contributed by atoms with Crippen LogP contribution in [0.4, 0.5) is 0 Å². The average Bonchev–Trinajstić information content (AvgIpc) is 2.66. The Morgan fingerprint density at radius 2 is 1.82 bits per heavy atom. The van der Waals surface area contributed by atoms with Crippen LogP contribution in [-0.2, 0) is 7.05 Å². The third-order valence-electron chi connectivity index (χ3n) is 2.65. The molecule has 0 saturated heterocycles. The lowest BCUT2D eigenvalue weighted by molar-refractivity contribution is 0.766. The lowest BCUT2D eigenvalue weighted by atomic mass is 10.2. The van der Waals surface area contributed by atoms with Crippen molar-refractivity contribution < 1.29 is 0 Å². The molecule has 0 atom stereocenters. The van der Waals surface area contributed by atoms with Crippen LogP contribution in [-0.4, -0.2) is 25.0 Å². The molecule has 84 valence electrons. The van der Waals surface area contributed by atoms with E-state index in [2.05, 4.69) is 20.3 Å². The molecule has 2 aromatic heterocycles. The molecule has 5 nitrogen and oxygen atoms in total. The summed E-state index contributed by atoms with van der Waals surface area (Å²) in [6.45, 7) is 1.92. The van der Waals surface area contributed by atoms with Crippen molar-refractivity contribution in [2.24, 2.45) is 7.05 Å². The zero-order valence-corrected chi connectivity index (χ0v) is 9.62. The molecule has 0 saturated carbocycles. The summed E-state index contributed by atoms with van der Waals surface area (Å²) in [5, 5.41) is 12.6. The van der Waals surface area contributed by atoms with Crippen LogP contribution >= 0.6 is 0 Å². The maximum atomic E-state index is 4.51. The van der Waals surface area contributed by atoms with Crippen molar-refractivity contribution in [1.82, 2.24) is 25.0 Å². The number of fused-ring (bicyclic) bond motifs is 1. The van der Waals surface area contributed by atoms with Crippen LogP contribution < -0.4 is 0 Å². The number of hydrogen-bond donors (Lipinski definition) is 0. The third-order valence-corrected chi connectivity index (χ3v) is 2.65. The molecule has 3 rings (SSSR count). The van der Waals surface area contributed by atoms with E-state index in [1.807, 2.05) is 44.3 Å². The molecular formula is C12H11N5. The Bertz CT molecular complexity index is 672. The van der Waals surface area contributed by atoms with Gasteiger partial charge in [0, 0.05) is 12.6 Å². The van der Waals surface area contributed by atoms with Crippen LogP contribution in [0.15, 0.2) is 30.3 Å². The number of benzene rings is 1. The molecule has 3 aromatic rings. The lowest BCUT2D eigenvalue weighted by Gasteiger charge is -1.98. The van der Waals surface area contributed by atoms with Crippen molar-refractivity contribution >= 4 is 11.2 Å². The lowest BCUT2D eigenvalue weighted by Crippen LogP contribution is -1.96. The topological polar surface area (TPSA) is 56.5 Å². The zero-order chi connectivity index (χ0) is 11.8. The zero-order valence-electron chi connectivity index (χ0n) is 9.62. The van der Waals surface area contributed by atoms with Crippen LogP contribution in [0.1, 0.15) is 5.69 Å². The van der Waals surface area contributed by atoms with Crippen molar-refractivity contribution in [2.75, 3.05) is 0 Å². The maximum absolute atomic E-state index is 4.51. The van der Waals surface area contributed by atoms with E-state index in [0.717, 1.165) is 16.8 Å². The highest BCUT2D eigenvalue weighted by molar-refractivity contribution is 5.74. The summed E-state index contributed by atoms with van der Waals surface area (Å²) >= 11 is 0. The summed E-state index contributed by atoms with van der Waals surface area (Å²) in [4.78, 5) is 4.51. The SMILES string of the molecule is Cc1nn(C)c2nnc(-c3ccccc3)nc12. The van der Waals surface area contributed by atoms with Gasteiger partial charge >= 0.3 is 0 Å². The van der Waals surface area contributed by atoms with Crippen molar-refractivity contribution in [1.29, 1.82) is 0 Å². The molecule has 0 bridgehead atoms. The van der Waals surface area contributed by atoms with E-state index in [-0.39, 0.29) is 0 Å². The van der Waals surface area contributed by atoms with Crippen molar-refractivity contribution in [3.8, 4) is 11.4 Å². The molecule has 0 aliphatic rings. The van der Waals surface area contributed by atoms with Gasteiger partial charge in [0.15, 0.2) is 11.5 Å². The Kier molecular flexibility index (Phi) is 2.11. The molecule has 17 heavy (non-hydrogen) atoms. The molecule has 0 spiro atoms. The van der Waals surface area contributed by atoms with E-state index in [0.29, 0.717) is 11.5 Å². The van der Waals surface area contributed by atoms with E-state index in [4.69, 9.17) is 0 Å². The number of nitrogens with zero attached hydrogens (tertiary/aromatic N) is 5. The molecule has 0 radical (unpaired) electrons. The van der Waals surface area contributed by atoms with E-state index < -0.39 is 0 Å². The third kappa shape index (κ3) is 1.56. The average molecular weight is 225 g/mol. The van der Waals surface area contributed by atoms with E-state index >= 15 is 0 Å². The predicted octanol–water partition coefficient (Wildman–Crippen LogP) is 1.73. The molecule has 0 fully saturated rings. The standard InChI is InChI=1S/C12H11N5/c1-8-10-12(17(2)16-8)15-14-11(13-10)9-6-4-3-5-7-9/h3-7H,1-2H3. The monoisotopic (exact) mass is 225 g/mol. The summed E-state index contributed by atoms with van der Waals surface area (Å²) in [5.41, 5.74) is 3.35. The molecule has 0 aliphatic carbocycles. The molecular weight excluding hydrogens is 214 g/mol. The van der Waals surface area contributed by atoms with E-state index in [1.54, 1.807) is 4.68 Å². The molecule has 0 N–H and O–H groups in total. The molecule has 5 heteroatoms. The minimum Gasteiger partial charge on any atom is -0.247 e. The second-order valence-electron chi connectivity index (χ2n) is 3.88. The van der Waals surface area contributed by atoms with Gasteiger partial charge in [0.2, 0.25) is 0 Å². The van der Waals surface area contributed by atoms with Gasteiger partial charge in [-0.3, -0.25) is 0 Å². The van der Waals surface area contributed by atoms with E-state index in [9.17, 15) is 0 Å². The fourth-order valence-corrected chi connectivity index (χ4v) is 1.81. The fraction of sp³-hybridized carbons (Fsp3) is 0.167. The summed E-state index contributed by atoms with van der Waals surface area (Å²) in [7, 11) is 1.84. The fourth-order valence-electron chi connectivity index (χ4n) is 1.81. The van der Waals surface area contributed by atoms with Crippen LogP contribution in [0.25, 0.3) is 22.6 Å². The summed E-state index contributed by atoms with van der Waals surface area (Å²) in [6, 6.07) is 9.81. The highest BCUT2D eigenvalue weighted by atomic mass is 15.3. The highest BCUT2D eigenvalue weighted by Crippen LogP contribution is 2.17. The van der Waals surface area contributed by atoms with Crippen LogP contribution in [0, 0.1) is 6.92 Å². The quantitative estimate of drug-likeness (QED) is 0.633. The largest absolute Gasteiger partial charge is 0.247 e. The van der Waals surface area contributed by atoms with Crippen molar-refractivity contribution in [2.45, 2.75) is 6.92 Å². The van der Waals surface area contributed by atoms with E-state index in [1.165, 1.54) is 0 Å². The number of aryl methyl sites for hydroxylation is 2. The summed E-state index contributed by atoms with van der Waals surface area (Å²) in [5.74, 6) is 0.634. The van der Waals surface area contributed by atoms with Gasteiger partial charge in [0.25, 0.3) is 0 Å². The second kappa shape index (κ2) is 3.62. The minimum absolute atomic E-state index is 0.634. The second-order valence-corrected chi connectivity index (χ2v) is 3.88. The molecule has 0 amide bonds. The van der Waals surface area contributed by atoms with Gasteiger partial charge < -0.3 is 0 Å². The first-order valence-corrected chi connectivity index (χ1v) is 5.35. The summed E-state index contributed by atoms with van der Waals surface area (Å²) < 4.78 is 1.69. The minimum atomic E-state index is 0.634. The summed E-state index contributed by atoms with van der Waals surface area (Å²) in [6.07, 6.45) is 0. The molecule has 2 heterocycles. The first-order valence-electron chi connectivity index (χ1n) is 5.35. The van der Waals surface area contributed by atoms with Gasteiger partial charge in [-0.05, 0) is 6.92 Å². The Balaban J connectivity index is 2.24. The Morgan fingerprint density at radius 1 is 1.06 bits per heavy atom. The Hall–Kier alpha value is -2.30. The first-order chi connectivity index (χ1) is 8.25. The normalized spacial score (nSPS) is 10.9. The van der Waals surface area contributed by atoms with Crippen LogP contribution in [0.3, 0.4) is 0 Å². The number of hydrogen-bond acceptors (Lipinski definition) is 4. The Labute approximate surface area is 98.1 Å². The number of aromatic nitrogens is 5. The highest BCUT2D eigenvalue weighted by Gasteiger charge is 2.10. The van der Waals surface area contributed by atoms with Gasteiger partial charge in [-0.15, -0.1) is 10.2 Å². The van der Waals surface area contributed by atoms with Gasteiger partial charge in [-0.25, -0.2) is 9.67 Å². The van der Waals surface area contributed by atoms with Gasteiger partial charge in [0.1, 0.15) is 5.52 Å². The van der Waals surface area contributed by atoms with Crippen molar-refractivity contribution in [3.05, 3.63) is 36.0 Å². The number of rotatable bonds is 1. The first kappa shape index (κ1) is 9.89. The van der Waals surface area contributed by atoms with Gasteiger partial charge in [0.05, 0.1) is 5.69 Å². The van der Waals surface area contributed by atoms with Crippen LogP contribution in [0.2, 0.25) is 0 Å². The van der Waals surface area contributed by atoms with Crippen molar-refractivity contribution in [3.63, 3.8) is 0 Å². The van der Waals surface area contributed by atoms with Gasteiger partial charge in [-0.1, -0.05) is 30.3 Å².